The molecule has 2 aromatic rings. The van der Waals surface area contributed by atoms with E-state index in [9.17, 15) is 0 Å². The zero-order valence-corrected chi connectivity index (χ0v) is 16.8. The molecule has 0 radical (unpaired) electrons. The molecular formula is C23H26N2S. The standard InChI is InChI=1S/C23H26N2S/c1-8-19-13-14-20(26-19)22-21(15(2)25(7)16(3)24-22)17-9-11-18(12-10-17)23(4,5)6/h1,9-14,21-22,24H,2-3H2,4-7H3. The van der Waals surface area contributed by atoms with Crippen molar-refractivity contribution < 1.29 is 0 Å². The number of benzene rings is 1. The first-order chi connectivity index (χ1) is 12.2. The highest BCUT2D eigenvalue weighted by Crippen LogP contribution is 2.44. The molecule has 0 bridgehead atoms. The average Bonchev–Trinajstić information content (AvgIpc) is 3.08. The van der Waals surface area contributed by atoms with Crippen molar-refractivity contribution in [2.75, 3.05) is 7.05 Å². The monoisotopic (exact) mass is 362 g/mol. The quantitative estimate of drug-likeness (QED) is 0.722. The zero-order chi connectivity index (χ0) is 19.1. The minimum atomic E-state index is 0.0822. The summed E-state index contributed by atoms with van der Waals surface area (Å²) in [4.78, 5) is 4.19. The smallest absolute Gasteiger partial charge is 0.0984 e. The summed E-state index contributed by atoms with van der Waals surface area (Å²) in [6, 6.07) is 13.1. The zero-order valence-electron chi connectivity index (χ0n) is 16.0. The van der Waals surface area contributed by atoms with Gasteiger partial charge in [-0.25, -0.2) is 0 Å². The van der Waals surface area contributed by atoms with E-state index in [1.807, 2.05) is 18.0 Å². The summed E-state index contributed by atoms with van der Waals surface area (Å²) in [5, 5.41) is 3.56. The Hall–Kier alpha value is -2.44. The van der Waals surface area contributed by atoms with Gasteiger partial charge in [0.2, 0.25) is 0 Å². The van der Waals surface area contributed by atoms with Crippen molar-refractivity contribution >= 4 is 11.3 Å². The SMILES string of the molecule is C#Cc1ccc(C2NC(=C)N(C)C(=C)C2c2ccc(C(C)(C)C)cc2)s1. The van der Waals surface area contributed by atoms with Gasteiger partial charge in [-0.3, -0.25) is 0 Å². The van der Waals surface area contributed by atoms with Crippen LogP contribution in [0.3, 0.4) is 0 Å². The van der Waals surface area contributed by atoms with E-state index in [1.165, 1.54) is 16.0 Å². The lowest BCUT2D eigenvalue weighted by molar-refractivity contribution is 0.325. The normalized spacial score (nSPS) is 20.7. The van der Waals surface area contributed by atoms with E-state index in [1.54, 1.807) is 11.3 Å². The Kier molecular flexibility index (Phi) is 4.73. The van der Waals surface area contributed by atoms with E-state index in [2.05, 4.69) is 75.5 Å². The first kappa shape index (κ1) is 18.4. The lowest BCUT2D eigenvalue weighted by Crippen LogP contribution is -2.41. The highest BCUT2D eigenvalue weighted by molar-refractivity contribution is 7.12. The van der Waals surface area contributed by atoms with Crippen molar-refractivity contribution in [2.45, 2.75) is 38.1 Å². The topological polar surface area (TPSA) is 15.3 Å². The number of nitrogens with one attached hydrogen (secondary N) is 1. The number of hydrogen-bond donors (Lipinski definition) is 1. The number of hydrogen-bond acceptors (Lipinski definition) is 3. The summed E-state index contributed by atoms with van der Waals surface area (Å²) in [7, 11) is 2.01. The lowest BCUT2D eigenvalue weighted by atomic mass is 9.82. The minimum Gasteiger partial charge on any atom is -0.363 e. The molecule has 0 amide bonds. The Morgan fingerprint density at radius 3 is 2.31 bits per heavy atom. The summed E-state index contributed by atoms with van der Waals surface area (Å²) in [5.74, 6) is 3.72. The van der Waals surface area contributed by atoms with Gasteiger partial charge in [0.05, 0.1) is 16.7 Å². The van der Waals surface area contributed by atoms with Crippen molar-refractivity contribution in [2.24, 2.45) is 0 Å². The highest BCUT2D eigenvalue weighted by Gasteiger charge is 2.35. The summed E-state index contributed by atoms with van der Waals surface area (Å²) in [6.45, 7) is 15.2. The molecule has 0 spiro atoms. The van der Waals surface area contributed by atoms with Gasteiger partial charge in [0.15, 0.2) is 0 Å². The van der Waals surface area contributed by atoms with Crippen LogP contribution in [0.15, 0.2) is 61.1 Å². The fourth-order valence-corrected chi connectivity index (χ4v) is 4.25. The minimum absolute atomic E-state index is 0.0822. The van der Waals surface area contributed by atoms with E-state index in [0.717, 1.165) is 16.4 Å². The molecule has 26 heavy (non-hydrogen) atoms. The van der Waals surface area contributed by atoms with Crippen LogP contribution < -0.4 is 5.32 Å². The molecule has 0 aliphatic carbocycles. The number of likely N-dealkylation sites (N-methyl/N-ethyl adjacent to an activating group) is 1. The molecule has 1 fully saturated rings. The number of rotatable bonds is 2. The van der Waals surface area contributed by atoms with Crippen LogP contribution in [-0.4, -0.2) is 11.9 Å². The van der Waals surface area contributed by atoms with Gasteiger partial charge in [-0.1, -0.05) is 64.1 Å². The van der Waals surface area contributed by atoms with Crippen LogP contribution in [-0.2, 0) is 5.41 Å². The Balaban J connectivity index is 2.03. The molecule has 1 saturated heterocycles. The molecule has 3 rings (SSSR count). The third-order valence-corrected chi connectivity index (χ3v) is 6.16. The third-order valence-electron chi connectivity index (χ3n) is 5.06. The van der Waals surface area contributed by atoms with Gasteiger partial charge in [-0.15, -0.1) is 17.8 Å². The Morgan fingerprint density at radius 2 is 1.77 bits per heavy atom. The van der Waals surface area contributed by atoms with Crippen LogP contribution in [0, 0.1) is 12.3 Å². The van der Waals surface area contributed by atoms with E-state index >= 15 is 0 Å². The van der Waals surface area contributed by atoms with Crippen molar-refractivity contribution in [3.8, 4) is 12.3 Å². The predicted octanol–water partition coefficient (Wildman–Crippen LogP) is 5.37. The molecule has 2 nitrogen and oxygen atoms in total. The lowest BCUT2D eigenvalue weighted by Gasteiger charge is -2.42. The van der Waals surface area contributed by atoms with Gasteiger partial charge in [-0.05, 0) is 28.7 Å². The molecule has 2 atom stereocenters. The summed E-state index contributed by atoms with van der Waals surface area (Å²) in [6.07, 6.45) is 5.57. The summed E-state index contributed by atoms with van der Waals surface area (Å²) in [5.41, 5.74) is 3.75. The molecule has 1 aromatic carbocycles. The van der Waals surface area contributed by atoms with Crippen LogP contribution in [0.5, 0.6) is 0 Å². The van der Waals surface area contributed by atoms with Crippen LogP contribution in [0.1, 0.15) is 53.6 Å². The van der Waals surface area contributed by atoms with Crippen LogP contribution in [0.2, 0.25) is 0 Å². The van der Waals surface area contributed by atoms with Crippen LogP contribution >= 0.6 is 11.3 Å². The van der Waals surface area contributed by atoms with Gasteiger partial charge in [0, 0.05) is 23.5 Å². The molecule has 3 heteroatoms. The maximum absolute atomic E-state index is 5.57. The molecule has 1 N–H and O–H groups in total. The second-order valence-corrected chi connectivity index (χ2v) is 8.93. The fourth-order valence-electron chi connectivity index (χ4n) is 3.34. The van der Waals surface area contributed by atoms with Crippen molar-refractivity contribution in [3.05, 3.63) is 82.0 Å². The number of thiophene rings is 1. The predicted molar refractivity (Wildman–Crippen MR) is 112 cm³/mol. The van der Waals surface area contributed by atoms with Gasteiger partial charge < -0.3 is 10.2 Å². The molecule has 1 aromatic heterocycles. The largest absolute Gasteiger partial charge is 0.363 e. The van der Waals surface area contributed by atoms with Crippen LogP contribution in [0.25, 0.3) is 0 Å². The van der Waals surface area contributed by atoms with E-state index < -0.39 is 0 Å². The van der Waals surface area contributed by atoms with Crippen molar-refractivity contribution in [1.29, 1.82) is 0 Å². The van der Waals surface area contributed by atoms with Gasteiger partial charge in [0.1, 0.15) is 0 Å². The van der Waals surface area contributed by atoms with Gasteiger partial charge in [-0.2, -0.15) is 0 Å². The van der Waals surface area contributed by atoms with Gasteiger partial charge >= 0.3 is 0 Å². The molecule has 1 aliphatic rings. The average molecular weight is 363 g/mol. The molecule has 2 unspecified atom stereocenters. The molecule has 0 saturated carbocycles. The first-order valence-electron chi connectivity index (χ1n) is 8.77. The molecule has 2 heterocycles. The second kappa shape index (κ2) is 6.70. The second-order valence-electron chi connectivity index (χ2n) is 7.82. The van der Waals surface area contributed by atoms with E-state index in [0.29, 0.717) is 0 Å². The fraction of sp³-hybridized carbons (Fsp3) is 0.304. The summed E-state index contributed by atoms with van der Waals surface area (Å²) >= 11 is 1.65. The highest BCUT2D eigenvalue weighted by atomic mass is 32.1. The Morgan fingerprint density at radius 1 is 1.12 bits per heavy atom. The first-order valence-corrected chi connectivity index (χ1v) is 9.59. The number of nitrogens with zero attached hydrogens (tertiary/aromatic N) is 1. The maximum Gasteiger partial charge on any atom is 0.0984 e. The summed E-state index contributed by atoms with van der Waals surface area (Å²) < 4.78 is 0. The maximum atomic E-state index is 5.57. The molecular weight excluding hydrogens is 336 g/mol. The van der Waals surface area contributed by atoms with Gasteiger partial charge in [0.25, 0.3) is 0 Å². The van der Waals surface area contributed by atoms with Crippen LogP contribution in [0.4, 0.5) is 0 Å². The third kappa shape index (κ3) is 3.30. The van der Waals surface area contributed by atoms with E-state index in [4.69, 9.17) is 6.42 Å². The van der Waals surface area contributed by atoms with E-state index in [-0.39, 0.29) is 17.4 Å². The molecule has 1 aliphatic heterocycles. The van der Waals surface area contributed by atoms with Crippen molar-refractivity contribution in [3.63, 3.8) is 0 Å². The number of terminal acetylenes is 1. The van der Waals surface area contributed by atoms with Crippen molar-refractivity contribution in [1.82, 2.24) is 10.2 Å². The Bertz CT molecular complexity index is 874. The molecule has 134 valence electrons. The Labute approximate surface area is 161 Å².